The van der Waals surface area contributed by atoms with Gasteiger partial charge in [0.1, 0.15) is 36.6 Å². The molecule has 0 radical (unpaired) electrons. The summed E-state index contributed by atoms with van der Waals surface area (Å²) >= 11 is 0. The summed E-state index contributed by atoms with van der Waals surface area (Å²) < 4.78 is 38.9. The molecular formula is C40H34F2N2O4. The van der Waals surface area contributed by atoms with Crippen molar-refractivity contribution in [3.05, 3.63) is 173 Å². The van der Waals surface area contributed by atoms with Gasteiger partial charge in [-0.05, 0) is 77.2 Å². The number of nitrogens with one attached hydrogen (secondary N) is 1. The fraction of sp³-hybridized carbons (Fsp3) is 0.150. The Morgan fingerprint density at radius 3 is 2.12 bits per heavy atom. The van der Waals surface area contributed by atoms with E-state index in [1.54, 1.807) is 24.3 Å². The zero-order valence-electron chi connectivity index (χ0n) is 26.0. The highest BCUT2D eigenvalue weighted by Gasteiger charge is 2.43. The molecule has 5 aromatic carbocycles. The Labute approximate surface area is 278 Å². The molecule has 0 aliphatic carbocycles. The molecule has 1 N–H and O–H groups in total. The van der Waals surface area contributed by atoms with Gasteiger partial charge >= 0.3 is 6.09 Å². The van der Waals surface area contributed by atoms with Crippen molar-refractivity contribution in [3.63, 3.8) is 0 Å². The van der Waals surface area contributed by atoms with Gasteiger partial charge in [0, 0.05) is 5.69 Å². The Balaban J connectivity index is 1.35. The molecule has 2 unspecified atom stereocenters. The number of ether oxygens (including phenoxy) is 2. The van der Waals surface area contributed by atoms with Gasteiger partial charge in [0.25, 0.3) is 0 Å². The number of nitrogens with zero attached hydrogens (tertiary/aromatic N) is 1. The fourth-order valence-corrected chi connectivity index (χ4v) is 5.72. The van der Waals surface area contributed by atoms with Crippen molar-refractivity contribution in [2.75, 3.05) is 11.9 Å². The van der Waals surface area contributed by atoms with E-state index in [-0.39, 0.29) is 18.8 Å². The summed E-state index contributed by atoms with van der Waals surface area (Å²) in [7, 11) is 0. The van der Waals surface area contributed by atoms with Crippen LogP contribution in [0.4, 0.5) is 19.3 Å². The van der Waals surface area contributed by atoms with E-state index < -0.39 is 35.8 Å². The Hall–Kier alpha value is -5.76. The van der Waals surface area contributed by atoms with Crippen molar-refractivity contribution in [3.8, 4) is 5.75 Å². The number of rotatable bonds is 12. The van der Waals surface area contributed by atoms with Crippen molar-refractivity contribution in [2.45, 2.75) is 25.1 Å². The van der Waals surface area contributed by atoms with E-state index in [4.69, 9.17) is 9.47 Å². The minimum atomic E-state index is -0.820. The summed E-state index contributed by atoms with van der Waals surface area (Å²) in [5, 5.41) is 3.44. The average Bonchev–Trinajstić information content (AvgIpc) is 3.52. The second-order valence-corrected chi connectivity index (χ2v) is 11.5. The highest BCUT2D eigenvalue weighted by molar-refractivity contribution is 5.95. The molecule has 8 heteroatoms. The van der Waals surface area contributed by atoms with Gasteiger partial charge in [-0.3, -0.25) is 4.79 Å². The van der Waals surface area contributed by atoms with Crippen LogP contribution >= 0.6 is 0 Å². The SMILES string of the molecule is O=C1OCC(c2ccccc2)N1C(=O)C(CC=Cc1ccc(F)cc1)[C@H](Nc1ccc(F)cc1)c1ccc(OCc2ccccc2)cc1. The molecule has 1 aliphatic rings. The molecule has 242 valence electrons. The summed E-state index contributed by atoms with van der Waals surface area (Å²) in [6.07, 6.45) is 3.15. The van der Waals surface area contributed by atoms with Crippen LogP contribution in [0, 0.1) is 17.6 Å². The summed E-state index contributed by atoms with van der Waals surface area (Å²) in [6, 6.07) is 37.2. The van der Waals surface area contributed by atoms with Crippen LogP contribution in [-0.4, -0.2) is 23.5 Å². The van der Waals surface area contributed by atoms with E-state index in [1.165, 1.54) is 29.2 Å². The van der Waals surface area contributed by atoms with E-state index in [0.717, 1.165) is 22.3 Å². The summed E-state index contributed by atoms with van der Waals surface area (Å²) in [5.41, 5.74) is 3.91. The number of amides is 2. The Morgan fingerprint density at radius 1 is 0.833 bits per heavy atom. The van der Waals surface area contributed by atoms with E-state index in [9.17, 15) is 18.4 Å². The van der Waals surface area contributed by atoms with Gasteiger partial charge in [-0.25, -0.2) is 18.5 Å². The smallest absolute Gasteiger partial charge is 0.417 e. The zero-order chi connectivity index (χ0) is 33.3. The molecule has 0 aromatic heterocycles. The summed E-state index contributed by atoms with van der Waals surface area (Å²) in [5.74, 6) is -1.34. The molecule has 6 rings (SSSR count). The predicted octanol–water partition coefficient (Wildman–Crippen LogP) is 9.14. The van der Waals surface area contributed by atoms with Crippen LogP contribution in [0.25, 0.3) is 6.08 Å². The van der Waals surface area contributed by atoms with Gasteiger partial charge in [0.05, 0.1) is 12.0 Å². The second kappa shape index (κ2) is 15.2. The van der Waals surface area contributed by atoms with E-state index in [1.807, 2.05) is 97.1 Å². The summed E-state index contributed by atoms with van der Waals surface area (Å²) in [6.45, 7) is 0.431. The second-order valence-electron chi connectivity index (χ2n) is 11.5. The minimum Gasteiger partial charge on any atom is -0.489 e. The number of carbonyl (C=O) groups is 2. The molecule has 1 fully saturated rings. The maximum absolute atomic E-state index is 14.6. The molecule has 5 aromatic rings. The van der Waals surface area contributed by atoms with Crippen molar-refractivity contribution in [2.24, 2.45) is 5.92 Å². The number of carbonyl (C=O) groups excluding carboxylic acids is 2. The number of hydrogen-bond acceptors (Lipinski definition) is 5. The first-order valence-electron chi connectivity index (χ1n) is 15.7. The maximum atomic E-state index is 14.6. The van der Waals surface area contributed by atoms with Crippen molar-refractivity contribution >= 4 is 23.8 Å². The molecule has 1 saturated heterocycles. The normalized spacial score (nSPS) is 15.6. The lowest BCUT2D eigenvalue weighted by molar-refractivity contribution is -0.134. The first-order valence-corrected chi connectivity index (χ1v) is 15.7. The van der Waals surface area contributed by atoms with Gasteiger partial charge < -0.3 is 14.8 Å². The molecule has 6 nitrogen and oxygen atoms in total. The number of anilines is 1. The van der Waals surface area contributed by atoms with E-state index in [0.29, 0.717) is 18.0 Å². The van der Waals surface area contributed by atoms with Crippen LogP contribution in [-0.2, 0) is 16.1 Å². The average molecular weight is 645 g/mol. The predicted molar refractivity (Wildman–Crippen MR) is 181 cm³/mol. The quantitative estimate of drug-likeness (QED) is 0.147. The third-order valence-electron chi connectivity index (χ3n) is 8.24. The molecule has 0 saturated carbocycles. The molecular weight excluding hydrogens is 610 g/mol. The first kappa shape index (κ1) is 32.2. The number of allylic oxidation sites excluding steroid dienone is 1. The Kier molecular flexibility index (Phi) is 10.2. The Bertz CT molecular complexity index is 1830. The lowest BCUT2D eigenvalue weighted by atomic mass is 9.87. The highest BCUT2D eigenvalue weighted by Crippen LogP contribution is 2.37. The molecule has 3 atom stereocenters. The monoisotopic (exact) mass is 644 g/mol. The molecule has 0 spiro atoms. The van der Waals surface area contributed by atoms with Crippen LogP contribution in [0.15, 0.2) is 140 Å². The third-order valence-corrected chi connectivity index (χ3v) is 8.24. The molecule has 2 amide bonds. The topological polar surface area (TPSA) is 67.9 Å². The molecule has 48 heavy (non-hydrogen) atoms. The largest absolute Gasteiger partial charge is 0.489 e. The summed E-state index contributed by atoms with van der Waals surface area (Å²) in [4.78, 5) is 29.0. The number of halogens is 2. The number of imide groups is 1. The Morgan fingerprint density at radius 2 is 1.46 bits per heavy atom. The molecule has 1 heterocycles. The van der Waals surface area contributed by atoms with E-state index >= 15 is 0 Å². The van der Waals surface area contributed by atoms with Crippen molar-refractivity contribution in [1.29, 1.82) is 0 Å². The van der Waals surface area contributed by atoms with Crippen LogP contribution in [0.5, 0.6) is 5.75 Å². The number of hydrogen-bond donors (Lipinski definition) is 1. The third kappa shape index (κ3) is 7.96. The highest BCUT2D eigenvalue weighted by atomic mass is 19.1. The zero-order valence-corrected chi connectivity index (χ0v) is 26.0. The van der Waals surface area contributed by atoms with Gasteiger partial charge in [0.2, 0.25) is 5.91 Å². The van der Waals surface area contributed by atoms with Gasteiger partial charge in [-0.2, -0.15) is 0 Å². The van der Waals surface area contributed by atoms with Crippen molar-refractivity contribution < 1.29 is 27.8 Å². The number of benzene rings is 5. The minimum absolute atomic E-state index is 0.0379. The lowest BCUT2D eigenvalue weighted by Gasteiger charge is -2.31. The molecule has 0 bridgehead atoms. The van der Waals surface area contributed by atoms with Crippen LogP contribution in [0.3, 0.4) is 0 Å². The number of cyclic esters (lactones) is 1. The first-order chi connectivity index (χ1) is 23.4. The standard InChI is InChI=1S/C40H34F2N2O4/c41-32-18-14-28(15-19-32)10-7-13-36(39(45)44-37(27-48-40(44)46)30-11-5-2-6-12-30)38(43-34-22-20-33(42)21-23-34)31-16-24-35(25-17-31)47-26-29-8-3-1-4-9-29/h1-12,14-25,36-38,43H,13,26-27H2/t36?,37?,38-/m1/s1. The van der Waals surface area contributed by atoms with Crippen LogP contribution in [0.2, 0.25) is 0 Å². The van der Waals surface area contributed by atoms with Crippen LogP contribution < -0.4 is 10.1 Å². The van der Waals surface area contributed by atoms with Crippen LogP contribution in [0.1, 0.15) is 40.8 Å². The van der Waals surface area contributed by atoms with Gasteiger partial charge in [-0.15, -0.1) is 0 Å². The van der Waals surface area contributed by atoms with Crippen molar-refractivity contribution in [1.82, 2.24) is 4.90 Å². The lowest BCUT2D eigenvalue weighted by Crippen LogP contribution is -2.42. The maximum Gasteiger partial charge on any atom is 0.417 e. The fourth-order valence-electron chi connectivity index (χ4n) is 5.72. The molecule has 1 aliphatic heterocycles. The van der Waals surface area contributed by atoms with Gasteiger partial charge in [0.15, 0.2) is 0 Å². The van der Waals surface area contributed by atoms with E-state index in [2.05, 4.69) is 5.32 Å². The van der Waals surface area contributed by atoms with Gasteiger partial charge in [-0.1, -0.05) is 97.1 Å².